The van der Waals surface area contributed by atoms with Crippen LogP contribution in [0, 0.1) is 12.7 Å². The summed E-state index contributed by atoms with van der Waals surface area (Å²) in [7, 11) is 0. The summed E-state index contributed by atoms with van der Waals surface area (Å²) in [4.78, 5) is 4.25. The summed E-state index contributed by atoms with van der Waals surface area (Å²) >= 11 is 0. The highest BCUT2D eigenvalue weighted by Gasteiger charge is 2.34. The van der Waals surface area contributed by atoms with Crippen molar-refractivity contribution in [3.05, 3.63) is 23.5 Å². The number of hydrogen-bond acceptors (Lipinski definition) is 3. The summed E-state index contributed by atoms with van der Waals surface area (Å²) in [5, 5.41) is 0. The van der Waals surface area contributed by atoms with E-state index in [1.165, 1.54) is 6.07 Å². The van der Waals surface area contributed by atoms with Crippen LogP contribution in [0.5, 0.6) is 0 Å². The van der Waals surface area contributed by atoms with E-state index in [0.29, 0.717) is 23.6 Å². The SMILES string of the molecule is Cc1cc2c(cc1F)nc(N)n2C1(C)CCOC1. The van der Waals surface area contributed by atoms with E-state index in [1.54, 1.807) is 13.0 Å². The maximum Gasteiger partial charge on any atom is 0.201 e. The van der Waals surface area contributed by atoms with Gasteiger partial charge in [-0.05, 0) is 31.9 Å². The molecular weight excluding hydrogens is 233 g/mol. The van der Waals surface area contributed by atoms with Gasteiger partial charge >= 0.3 is 0 Å². The van der Waals surface area contributed by atoms with E-state index in [-0.39, 0.29) is 11.4 Å². The zero-order chi connectivity index (χ0) is 12.9. The molecule has 0 saturated carbocycles. The Hall–Kier alpha value is -1.62. The summed E-state index contributed by atoms with van der Waals surface area (Å²) < 4.78 is 21.0. The van der Waals surface area contributed by atoms with Crippen LogP contribution in [0.1, 0.15) is 18.9 Å². The number of halogens is 1. The Morgan fingerprint density at radius 2 is 2.28 bits per heavy atom. The molecule has 4 nitrogen and oxygen atoms in total. The standard InChI is InChI=1S/C13H16FN3O/c1-8-5-11-10(6-9(8)14)16-12(15)17(11)13(2)3-4-18-7-13/h5-6H,3-4,7H2,1-2H3,(H2,15,16). The van der Waals surface area contributed by atoms with Gasteiger partial charge in [0.25, 0.3) is 0 Å². The van der Waals surface area contributed by atoms with E-state index in [0.717, 1.165) is 18.5 Å². The number of imidazole rings is 1. The molecule has 96 valence electrons. The summed E-state index contributed by atoms with van der Waals surface area (Å²) in [6.07, 6.45) is 0.888. The lowest BCUT2D eigenvalue weighted by molar-refractivity contribution is 0.164. The molecule has 1 fully saturated rings. The van der Waals surface area contributed by atoms with Crippen LogP contribution in [0.3, 0.4) is 0 Å². The third-order valence-electron chi connectivity index (χ3n) is 3.70. The number of benzene rings is 1. The topological polar surface area (TPSA) is 53.1 Å². The molecule has 1 saturated heterocycles. The Morgan fingerprint density at radius 1 is 1.50 bits per heavy atom. The first-order valence-electron chi connectivity index (χ1n) is 6.03. The quantitative estimate of drug-likeness (QED) is 0.843. The van der Waals surface area contributed by atoms with E-state index >= 15 is 0 Å². The Morgan fingerprint density at radius 3 is 2.94 bits per heavy atom. The van der Waals surface area contributed by atoms with E-state index in [2.05, 4.69) is 11.9 Å². The highest BCUT2D eigenvalue weighted by molar-refractivity contribution is 5.79. The molecule has 2 heterocycles. The van der Waals surface area contributed by atoms with Gasteiger partial charge in [0.1, 0.15) is 5.82 Å². The minimum atomic E-state index is -0.250. The lowest BCUT2D eigenvalue weighted by atomic mass is 10.0. The van der Waals surface area contributed by atoms with Gasteiger partial charge in [-0.2, -0.15) is 0 Å². The van der Waals surface area contributed by atoms with Crippen LogP contribution in [0.2, 0.25) is 0 Å². The van der Waals surface area contributed by atoms with Crippen molar-refractivity contribution < 1.29 is 9.13 Å². The minimum Gasteiger partial charge on any atom is -0.379 e. The first-order chi connectivity index (χ1) is 8.51. The summed E-state index contributed by atoms with van der Waals surface area (Å²) in [6.45, 7) is 5.17. The van der Waals surface area contributed by atoms with Crippen LogP contribution in [0.25, 0.3) is 11.0 Å². The second kappa shape index (κ2) is 3.68. The monoisotopic (exact) mass is 249 g/mol. The van der Waals surface area contributed by atoms with Crippen LogP contribution >= 0.6 is 0 Å². The molecule has 5 heteroatoms. The minimum absolute atomic E-state index is 0.191. The number of aryl methyl sites for hydroxylation is 1. The van der Waals surface area contributed by atoms with Gasteiger partial charge < -0.3 is 15.0 Å². The molecular formula is C13H16FN3O. The van der Waals surface area contributed by atoms with E-state index in [4.69, 9.17) is 10.5 Å². The van der Waals surface area contributed by atoms with Crippen molar-refractivity contribution in [2.75, 3.05) is 18.9 Å². The number of nitrogens with zero attached hydrogens (tertiary/aromatic N) is 2. The molecule has 18 heavy (non-hydrogen) atoms. The third-order valence-corrected chi connectivity index (χ3v) is 3.70. The number of aromatic nitrogens is 2. The number of fused-ring (bicyclic) bond motifs is 1. The van der Waals surface area contributed by atoms with Crippen molar-refractivity contribution in [3.8, 4) is 0 Å². The van der Waals surface area contributed by atoms with Gasteiger partial charge in [-0.25, -0.2) is 9.37 Å². The van der Waals surface area contributed by atoms with E-state index < -0.39 is 0 Å². The average Bonchev–Trinajstić information content (AvgIpc) is 2.84. The second-order valence-electron chi connectivity index (χ2n) is 5.20. The maximum atomic E-state index is 13.5. The highest BCUT2D eigenvalue weighted by Crippen LogP contribution is 2.34. The van der Waals surface area contributed by atoms with Crippen molar-refractivity contribution in [2.45, 2.75) is 25.8 Å². The molecule has 1 aromatic heterocycles. The third kappa shape index (κ3) is 1.50. The Kier molecular flexibility index (Phi) is 2.35. The molecule has 0 amide bonds. The number of anilines is 1. The number of hydrogen-bond donors (Lipinski definition) is 1. The van der Waals surface area contributed by atoms with Crippen molar-refractivity contribution in [3.63, 3.8) is 0 Å². The Labute approximate surface area is 105 Å². The summed E-state index contributed by atoms with van der Waals surface area (Å²) in [5.41, 5.74) is 7.88. The summed E-state index contributed by atoms with van der Waals surface area (Å²) in [5.74, 6) is 0.169. The molecule has 0 radical (unpaired) electrons. The molecule has 0 aliphatic carbocycles. The van der Waals surface area contributed by atoms with Gasteiger partial charge in [0.2, 0.25) is 5.95 Å². The Bertz CT molecular complexity index is 614. The Balaban J connectivity index is 2.28. The van der Waals surface area contributed by atoms with Gasteiger partial charge in [-0.3, -0.25) is 0 Å². The van der Waals surface area contributed by atoms with E-state index in [1.807, 2.05) is 4.57 Å². The predicted octanol–water partition coefficient (Wildman–Crippen LogP) is 2.20. The van der Waals surface area contributed by atoms with Crippen LogP contribution in [-0.2, 0) is 10.3 Å². The number of nitrogens with two attached hydrogens (primary N) is 1. The van der Waals surface area contributed by atoms with Crippen LogP contribution in [0.4, 0.5) is 10.3 Å². The molecule has 2 N–H and O–H groups in total. The van der Waals surface area contributed by atoms with Crippen LogP contribution < -0.4 is 5.73 Å². The second-order valence-corrected chi connectivity index (χ2v) is 5.20. The van der Waals surface area contributed by atoms with Crippen molar-refractivity contribution in [1.29, 1.82) is 0 Å². The number of nitrogen functional groups attached to an aromatic ring is 1. The molecule has 1 aliphatic rings. The van der Waals surface area contributed by atoms with Crippen LogP contribution in [0.15, 0.2) is 12.1 Å². The number of ether oxygens (including phenoxy) is 1. The normalized spacial score (nSPS) is 23.9. The molecule has 1 unspecified atom stereocenters. The van der Waals surface area contributed by atoms with Crippen LogP contribution in [-0.4, -0.2) is 22.8 Å². The lowest BCUT2D eigenvalue weighted by Gasteiger charge is -2.26. The zero-order valence-electron chi connectivity index (χ0n) is 10.5. The summed E-state index contributed by atoms with van der Waals surface area (Å²) in [6, 6.07) is 3.24. The fourth-order valence-corrected chi connectivity index (χ4v) is 2.62. The molecule has 0 bridgehead atoms. The first-order valence-corrected chi connectivity index (χ1v) is 6.03. The van der Waals surface area contributed by atoms with Gasteiger partial charge in [-0.1, -0.05) is 0 Å². The maximum absolute atomic E-state index is 13.5. The van der Waals surface area contributed by atoms with Gasteiger partial charge in [0, 0.05) is 12.7 Å². The predicted molar refractivity (Wildman–Crippen MR) is 67.9 cm³/mol. The number of rotatable bonds is 1. The van der Waals surface area contributed by atoms with Gasteiger partial charge in [-0.15, -0.1) is 0 Å². The van der Waals surface area contributed by atoms with Crippen molar-refractivity contribution >= 4 is 17.0 Å². The largest absolute Gasteiger partial charge is 0.379 e. The molecule has 3 rings (SSSR count). The molecule has 2 aromatic rings. The lowest BCUT2D eigenvalue weighted by Crippen LogP contribution is -2.31. The van der Waals surface area contributed by atoms with Crippen molar-refractivity contribution in [2.24, 2.45) is 0 Å². The molecule has 1 atom stereocenters. The fourth-order valence-electron chi connectivity index (χ4n) is 2.62. The fraction of sp³-hybridized carbons (Fsp3) is 0.462. The molecule has 1 aliphatic heterocycles. The first kappa shape index (κ1) is 11.5. The highest BCUT2D eigenvalue weighted by atomic mass is 19.1. The van der Waals surface area contributed by atoms with Gasteiger partial charge in [0.05, 0.1) is 23.2 Å². The average molecular weight is 249 g/mol. The van der Waals surface area contributed by atoms with Gasteiger partial charge in [0.15, 0.2) is 0 Å². The molecule has 1 aromatic carbocycles. The molecule has 0 spiro atoms. The smallest absolute Gasteiger partial charge is 0.201 e. The van der Waals surface area contributed by atoms with Crippen molar-refractivity contribution in [1.82, 2.24) is 9.55 Å². The zero-order valence-corrected chi connectivity index (χ0v) is 10.5. The van der Waals surface area contributed by atoms with E-state index in [9.17, 15) is 4.39 Å².